The maximum Gasteiger partial charge on any atom is 0.123 e. The number of hydrogen-bond donors (Lipinski definition) is 1. The first-order valence-corrected chi connectivity index (χ1v) is 7.30. The van der Waals surface area contributed by atoms with Crippen LogP contribution in [-0.4, -0.2) is 41.8 Å². The predicted octanol–water partition coefficient (Wildman–Crippen LogP) is 2.23. The van der Waals surface area contributed by atoms with E-state index in [1.54, 1.807) is 0 Å². The second kappa shape index (κ2) is 5.14. The van der Waals surface area contributed by atoms with Gasteiger partial charge in [0.25, 0.3) is 0 Å². The van der Waals surface area contributed by atoms with Crippen LogP contribution in [0.3, 0.4) is 0 Å². The molecule has 1 atom stereocenters. The highest BCUT2D eigenvalue weighted by Gasteiger charge is 2.33. The van der Waals surface area contributed by atoms with Crippen molar-refractivity contribution in [2.45, 2.75) is 43.8 Å². The number of likely N-dealkylation sites (N-methyl/N-ethyl adjacent to an activating group) is 1. The summed E-state index contributed by atoms with van der Waals surface area (Å²) < 4.78 is 5.95. The molecule has 2 aliphatic rings. The first-order chi connectivity index (χ1) is 9.15. The molecule has 0 amide bonds. The Morgan fingerprint density at radius 2 is 2.05 bits per heavy atom. The van der Waals surface area contributed by atoms with Gasteiger partial charge in [-0.25, -0.2) is 0 Å². The summed E-state index contributed by atoms with van der Waals surface area (Å²) in [6.45, 7) is 1.65. The Labute approximate surface area is 115 Å². The lowest BCUT2D eigenvalue weighted by Crippen LogP contribution is -2.42. The molecule has 1 aliphatic heterocycles. The van der Waals surface area contributed by atoms with Crippen LogP contribution in [0.4, 0.5) is 0 Å². The van der Waals surface area contributed by atoms with Crippen molar-refractivity contribution in [1.82, 2.24) is 4.90 Å². The molecule has 3 heteroatoms. The molecule has 1 heterocycles. The summed E-state index contributed by atoms with van der Waals surface area (Å²) >= 11 is 0. The van der Waals surface area contributed by atoms with Crippen molar-refractivity contribution < 1.29 is 9.84 Å². The van der Waals surface area contributed by atoms with E-state index in [1.807, 2.05) is 12.1 Å². The second-order valence-corrected chi connectivity index (χ2v) is 6.18. The first kappa shape index (κ1) is 12.9. The zero-order chi connectivity index (χ0) is 13.3. The monoisotopic (exact) mass is 261 g/mol. The molecular weight excluding hydrogens is 238 g/mol. The van der Waals surface area contributed by atoms with Crippen molar-refractivity contribution >= 4 is 0 Å². The molecule has 1 saturated carbocycles. The first-order valence-electron chi connectivity index (χ1n) is 7.30. The molecular formula is C16H23NO2. The minimum Gasteiger partial charge on any atom is -0.488 e. The van der Waals surface area contributed by atoms with Crippen molar-refractivity contribution in [2.75, 3.05) is 20.1 Å². The molecule has 0 radical (unpaired) electrons. The van der Waals surface area contributed by atoms with Crippen molar-refractivity contribution in [3.63, 3.8) is 0 Å². The number of fused-ring (bicyclic) bond motifs is 1. The third-order valence-corrected chi connectivity index (χ3v) is 4.33. The number of rotatable bonds is 4. The van der Waals surface area contributed by atoms with Gasteiger partial charge in [0.2, 0.25) is 0 Å². The van der Waals surface area contributed by atoms with Gasteiger partial charge in [-0.15, -0.1) is 0 Å². The molecule has 1 aromatic rings. The summed E-state index contributed by atoms with van der Waals surface area (Å²) in [6, 6.07) is 8.27. The Balaban J connectivity index is 1.53. The van der Waals surface area contributed by atoms with Crippen LogP contribution < -0.4 is 4.74 Å². The summed E-state index contributed by atoms with van der Waals surface area (Å²) in [7, 11) is 2.09. The third kappa shape index (κ3) is 2.93. The third-order valence-electron chi connectivity index (χ3n) is 4.33. The van der Waals surface area contributed by atoms with E-state index in [1.165, 1.54) is 5.56 Å². The number of aliphatic hydroxyl groups is 1. The molecule has 104 valence electrons. The number of hydrogen-bond acceptors (Lipinski definition) is 3. The number of benzene rings is 1. The molecule has 1 aliphatic carbocycles. The van der Waals surface area contributed by atoms with E-state index < -0.39 is 5.60 Å². The lowest BCUT2D eigenvalue weighted by Gasteiger charge is -2.29. The summed E-state index contributed by atoms with van der Waals surface area (Å²) in [5.74, 6) is 1.03. The van der Waals surface area contributed by atoms with Gasteiger partial charge in [-0.3, -0.25) is 4.90 Å². The molecule has 3 rings (SSSR count). The van der Waals surface area contributed by atoms with E-state index in [4.69, 9.17) is 4.74 Å². The van der Waals surface area contributed by atoms with Crippen LogP contribution in [0.15, 0.2) is 24.3 Å². The van der Waals surface area contributed by atoms with Gasteiger partial charge in [0.05, 0.1) is 5.60 Å². The molecule has 0 bridgehead atoms. The minimum atomic E-state index is -0.458. The second-order valence-electron chi connectivity index (χ2n) is 6.18. The van der Waals surface area contributed by atoms with E-state index in [0.717, 1.165) is 50.9 Å². The van der Waals surface area contributed by atoms with Gasteiger partial charge in [0, 0.05) is 19.5 Å². The quantitative estimate of drug-likeness (QED) is 0.902. The lowest BCUT2D eigenvalue weighted by atomic mass is 10.0. The van der Waals surface area contributed by atoms with Crippen LogP contribution in [-0.2, 0) is 6.42 Å². The average molecular weight is 261 g/mol. The van der Waals surface area contributed by atoms with Gasteiger partial charge < -0.3 is 9.84 Å². The number of para-hydroxylation sites is 1. The predicted molar refractivity (Wildman–Crippen MR) is 75.5 cm³/mol. The highest BCUT2D eigenvalue weighted by molar-refractivity contribution is 5.37. The Bertz CT molecular complexity index is 415. The van der Waals surface area contributed by atoms with Crippen LogP contribution in [0, 0.1) is 0 Å². The molecule has 19 heavy (non-hydrogen) atoms. The van der Waals surface area contributed by atoms with E-state index in [-0.39, 0.29) is 6.10 Å². The fraction of sp³-hybridized carbons (Fsp3) is 0.625. The molecule has 3 nitrogen and oxygen atoms in total. The van der Waals surface area contributed by atoms with Gasteiger partial charge in [0.15, 0.2) is 0 Å². The van der Waals surface area contributed by atoms with Crippen LogP contribution in [0.5, 0.6) is 5.75 Å². The maximum atomic E-state index is 10.4. The van der Waals surface area contributed by atoms with Crippen LogP contribution in [0.1, 0.15) is 31.2 Å². The van der Waals surface area contributed by atoms with Crippen LogP contribution in [0.2, 0.25) is 0 Å². The molecule has 1 fully saturated rings. The lowest BCUT2D eigenvalue weighted by molar-refractivity contribution is 0.00896. The minimum absolute atomic E-state index is 0.229. The number of nitrogens with zero attached hydrogens (tertiary/aromatic N) is 1. The molecule has 0 aromatic heterocycles. The summed E-state index contributed by atoms with van der Waals surface area (Å²) in [4.78, 5) is 2.22. The van der Waals surface area contributed by atoms with Crippen molar-refractivity contribution in [3.8, 4) is 5.75 Å². The van der Waals surface area contributed by atoms with Crippen molar-refractivity contribution in [3.05, 3.63) is 29.8 Å². The highest BCUT2D eigenvalue weighted by Crippen LogP contribution is 2.31. The fourth-order valence-electron chi connectivity index (χ4n) is 3.46. The van der Waals surface area contributed by atoms with E-state index >= 15 is 0 Å². The molecule has 1 aromatic carbocycles. The van der Waals surface area contributed by atoms with E-state index in [9.17, 15) is 5.11 Å². The molecule has 0 saturated heterocycles. The van der Waals surface area contributed by atoms with Gasteiger partial charge in [-0.2, -0.15) is 0 Å². The highest BCUT2D eigenvalue weighted by atomic mass is 16.5. The Morgan fingerprint density at radius 1 is 1.32 bits per heavy atom. The Morgan fingerprint density at radius 3 is 2.79 bits per heavy atom. The van der Waals surface area contributed by atoms with Gasteiger partial charge in [0.1, 0.15) is 11.9 Å². The Kier molecular flexibility index (Phi) is 3.50. The topological polar surface area (TPSA) is 32.7 Å². The summed E-state index contributed by atoms with van der Waals surface area (Å²) in [5, 5.41) is 10.4. The number of ether oxygens (including phenoxy) is 1. The van der Waals surface area contributed by atoms with Gasteiger partial charge in [-0.1, -0.05) is 31.0 Å². The zero-order valence-electron chi connectivity index (χ0n) is 11.6. The normalized spacial score (nSPS) is 24.5. The largest absolute Gasteiger partial charge is 0.488 e. The van der Waals surface area contributed by atoms with E-state index in [2.05, 4.69) is 24.1 Å². The standard InChI is InChI=1S/C16H23NO2/c1-17(12-16(18)8-4-5-9-16)11-14-10-13-6-2-3-7-15(13)19-14/h2-3,6-7,14,18H,4-5,8-12H2,1H3. The van der Waals surface area contributed by atoms with Gasteiger partial charge >= 0.3 is 0 Å². The average Bonchev–Trinajstić information content (AvgIpc) is 2.94. The summed E-state index contributed by atoms with van der Waals surface area (Å²) in [6.07, 6.45) is 5.43. The Hall–Kier alpha value is -1.06. The van der Waals surface area contributed by atoms with E-state index in [0.29, 0.717) is 0 Å². The zero-order valence-corrected chi connectivity index (χ0v) is 11.6. The molecule has 0 spiro atoms. The van der Waals surface area contributed by atoms with Gasteiger partial charge in [-0.05, 0) is 31.5 Å². The van der Waals surface area contributed by atoms with Crippen molar-refractivity contribution in [1.29, 1.82) is 0 Å². The molecule has 1 N–H and O–H groups in total. The fourth-order valence-corrected chi connectivity index (χ4v) is 3.46. The van der Waals surface area contributed by atoms with Crippen molar-refractivity contribution in [2.24, 2.45) is 0 Å². The molecule has 1 unspecified atom stereocenters. The smallest absolute Gasteiger partial charge is 0.123 e. The SMILES string of the molecule is CN(CC1Cc2ccccc2O1)CC1(O)CCCC1. The maximum absolute atomic E-state index is 10.4. The van der Waals surface area contributed by atoms with Crippen LogP contribution in [0.25, 0.3) is 0 Å². The summed E-state index contributed by atoms with van der Waals surface area (Å²) in [5.41, 5.74) is 0.848. The van der Waals surface area contributed by atoms with Crippen LogP contribution >= 0.6 is 0 Å².